The van der Waals surface area contributed by atoms with E-state index in [1.54, 1.807) is 36.4 Å². The highest BCUT2D eigenvalue weighted by atomic mass is 79.9. The van der Waals surface area contributed by atoms with Gasteiger partial charge in [0.25, 0.3) is 5.91 Å². The fourth-order valence-corrected chi connectivity index (χ4v) is 4.08. The molecule has 1 heterocycles. The van der Waals surface area contributed by atoms with Crippen molar-refractivity contribution >= 4 is 62.8 Å². The molecule has 3 aromatic rings. The lowest BCUT2D eigenvalue weighted by Crippen LogP contribution is -2.30. The number of carbonyl (C=O) groups excluding carboxylic acids is 2. The van der Waals surface area contributed by atoms with Crippen molar-refractivity contribution in [3.63, 3.8) is 0 Å². The third-order valence-electron chi connectivity index (χ3n) is 4.88. The second-order valence-corrected chi connectivity index (χ2v) is 9.05. The molecule has 4 rings (SSSR count). The summed E-state index contributed by atoms with van der Waals surface area (Å²) in [5.41, 5.74) is 2.02. The predicted octanol–water partition coefficient (Wildman–Crippen LogP) is 6.83. The van der Waals surface area contributed by atoms with E-state index in [1.807, 2.05) is 31.2 Å². The summed E-state index contributed by atoms with van der Waals surface area (Å²) in [6.45, 7) is 2.54. The molecule has 1 fully saturated rings. The fraction of sp³-hybridized carbons (Fsp3) is 0.120. The van der Waals surface area contributed by atoms with E-state index in [0.717, 1.165) is 14.9 Å². The molecular weight excluding hydrogens is 543 g/mol. The number of halogens is 3. The number of amides is 3. The van der Waals surface area contributed by atoms with Gasteiger partial charge in [0.2, 0.25) is 0 Å². The Kier molecular flexibility index (Phi) is 7.46. The van der Waals surface area contributed by atoms with Crippen LogP contribution in [0.4, 0.5) is 10.5 Å². The van der Waals surface area contributed by atoms with Gasteiger partial charge in [-0.25, -0.2) is 9.69 Å². The number of nitrogens with one attached hydrogen (secondary N) is 1. The van der Waals surface area contributed by atoms with Gasteiger partial charge in [0.15, 0.2) is 11.5 Å². The zero-order valence-corrected chi connectivity index (χ0v) is 21.1. The van der Waals surface area contributed by atoms with E-state index in [-0.39, 0.29) is 5.70 Å². The first kappa shape index (κ1) is 24.1. The molecule has 0 saturated carbocycles. The van der Waals surface area contributed by atoms with Gasteiger partial charge in [0, 0.05) is 9.50 Å². The quantitative estimate of drug-likeness (QED) is 0.253. The Bertz CT molecular complexity index is 1280. The molecule has 0 unspecified atom stereocenters. The third kappa shape index (κ3) is 5.38. The SMILES string of the molecule is CCOc1cc(/C=C2/NC(=O)N(c3cccc(Cl)c3)C2=O)cc(Cl)c1OCc1ccc(Br)cc1. The lowest BCUT2D eigenvalue weighted by molar-refractivity contribution is -0.113. The van der Waals surface area contributed by atoms with E-state index in [2.05, 4.69) is 21.2 Å². The summed E-state index contributed by atoms with van der Waals surface area (Å²) in [4.78, 5) is 26.4. The van der Waals surface area contributed by atoms with Gasteiger partial charge >= 0.3 is 6.03 Å². The van der Waals surface area contributed by atoms with E-state index in [0.29, 0.717) is 46.0 Å². The molecule has 3 aromatic carbocycles. The Morgan fingerprint density at radius 1 is 1.03 bits per heavy atom. The Labute approximate surface area is 215 Å². The fourth-order valence-electron chi connectivity index (χ4n) is 3.36. The molecule has 174 valence electrons. The molecule has 6 nitrogen and oxygen atoms in total. The summed E-state index contributed by atoms with van der Waals surface area (Å²) < 4.78 is 12.7. The Hall–Kier alpha value is -3.00. The van der Waals surface area contributed by atoms with E-state index < -0.39 is 11.9 Å². The van der Waals surface area contributed by atoms with Crippen molar-refractivity contribution in [1.29, 1.82) is 0 Å². The average molecular weight is 562 g/mol. The summed E-state index contributed by atoms with van der Waals surface area (Å²) in [5.74, 6) is 0.329. The van der Waals surface area contributed by atoms with Gasteiger partial charge in [-0.1, -0.05) is 57.3 Å². The van der Waals surface area contributed by atoms with Gasteiger partial charge in [-0.2, -0.15) is 0 Å². The molecule has 0 atom stereocenters. The molecule has 34 heavy (non-hydrogen) atoms. The normalized spacial score (nSPS) is 14.5. The molecule has 0 aliphatic carbocycles. The number of anilines is 1. The van der Waals surface area contributed by atoms with Crippen LogP contribution in [0.2, 0.25) is 10.0 Å². The lowest BCUT2D eigenvalue weighted by Gasteiger charge is -2.15. The Balaban J connectivity index is 1.60. The van der Waals surface area contributed by atoms with E-state index in [9.17, 15) is 9.59 Å². The number of urea groups is 1. The molecule has 1 saturated heterocycles. The average Bonchev–Trinajstić information content (AvgIpc) is 3.07. The summed E-state index contributed by atoms with van der Waals surface area (Å²) in [7, 11) is 0. The second kappa shape index (κ2) is 10.5. The number of nitrogens with zero attached hydrogens (tertiary/aromatic N) is 1. The van der Waals surface area contributed by atoms with Crippen LogP contribution in [-0.4, -0.2) is 18.5 Å². The monoisotopic (exact) mass is 560 g/mol. The van der Waals surface area contributed by atoms with Crippen molar-refractivity contribution in [1.82, 2.24) is 5.32 Å². The largest absolute Gasteiger partial charge is 0.490 e. The van der Waals surface area contributed by atoms with Crippen molar-refractivity contribution in [3.05, 3.63) is 92.0 Å². The Morgan fingerprint density at radius 3 is 2.50 bits per heavy atom. The number of hydrogen-bond donors (Lipinski definition) is 1. The molecule has 0 spiro atoms. The van der Waals surface area contributed by atoms with Crippen LogP contribution in [0.1, 0.15) is 18.1 Å². The van der Waals surface area contributed by atoms with Crippen LogP contribution in [0.25, 0.3) is 6.08 Å². The standard InChI is InChI=1S/C25H19BrCl2N2O4/c1-2-33-22-12-16(10-20(28)23(22)34-14-15-6-8-17(26)9-7-15)11-21-24(31)30(25(32)29-21)19-5-3-4-18(27)13-19/h3-13H,2,14H2,1H3,(H,29,32)/b21-11+. The molecule has 1 aliphatic heterocycles. The van der Waals surface area contributed by atoms with Crippen molar-refractivity contribution in [3.8, 4) is 11.5 Å². The molecule has 1 aliphatic rings. The van der Waals surface area contributed by atoms with Gasteiger partial charge in [-0.05, 0) is 66.6 Å². The van der Waals surface area contributed by atoms with Gasteiger partial charge in [0.1, 0.15) is 12.3 Å². The summed E-state index contributed by atoms with van der Waals surface area (Å²) >= 11 is 15.9. The third-order valence-corrected chi connectivity index (χ3v) is 5.93. The van der Waals surface area contributed by atoms with Crippen LogP contribution in [0.3, 0.4) is 0 Å². The minimum absolute atomic E-state index is 0.104. The first-order valence-electron chi connectivity index (χ1n) is 10.3. The van der Waals surface area contributed by atoms with Crippen LogP contribution >= 0.6 is 39.1 Å². The minimum Gasteiger partial charge on any atom is -0.490 e. The van der Waals surface area contributed by atoms with Crippen molar-refractivity contribution in [2.75, 3.05) is 11.5 Å². The molecular formula is C25H19BrCl2N2O4. The lowest BCUT2D eigenvalue weighted by atomic mass is 10.1. The molecule has 9 heteroatoms. The summed E-state index contributed by atoms with van der Waals surface area (Å²) in [5, 5.41) is 3.33. The van der Waals surface area contributed by atoms with Crippen molar-refractivity contribution in [2.45, 2.75) is 13.5 Å². The highest BCUT2D eigenvalue weighted by molar-refractivity contribution is 9.10. The van der Waals surface area contributed by atoms with Crippen molar-refractivity contribution < 1.29 is 19.1 Å². The maximum atomic E-state index is 12.9. The maximum Gasteiger partial charge on any atom is 0.333 e. The second-order valence-electron chi connectivity index (χ2n) is 7.29. The highest BCUT2D eigenvalue weighted by Gasteiger charge is 2.35. The number of hydrogen-bond acceptors (Lipinski definition) is 4. The number of imide groups is 1. The molecule has 0 radical (unpaired) electrons. The van der Waals surface area contributed by atoms with Gasteiger partial charge < -0.3 is 14.8 Å². The van der Waals surface area contributed by atoms with Crippen molar-refractivity contribution in [2.24, 2.45) is 0 Å². The summed E-state index contributed by atoms with van der Waals surface area (Å²) in [6.07, 6.45) is 1.54. The van der Waals surface area contributed by atoms with Crippen LogP contribution in [-0.2, 0) is 11.4 Å². The molecule has 0 bridgehead atoms. The van der Waals surface area contributed by atoms with E-state index in [4.69, 9.17) is 32.7 Å². The van der Waals surface area contributed by atoms with Crippen LogP contribution in [0.5, 0.6) is 11.5 Å². The minimum atomic E-state index is -0.566. The molecule has 3 amide bonds. The van der Waals surface area contributed by atoms with Crippen LogP contribution < -0.4 is 19.7 Å². The first-order valence-corrected chi connectivity index (χ1v) is 11.9. The molecule has 1 N–H and O–H groups in total. The number of benzene rings is 3. The number of rotatable bonds is 7. The highest BCUT2D eigenvalue weighted by Crippen LogP contribution is 2.38. The number of ether oxygens (including phenoxy) is 2. The van der Waals surface area contributed by atoms with Gasteiger partial charge in [-0.3, -0.25) is 4.79 Å². The van der Waals surface area contributed by atoms with Crippen LogP contribution in [0, 0.1) is 0 Å². The zero-order valence-electron chi connectivity index (χ0n) is 18.0. The predicted molar refractivity (Wildman–Crippen MR) is 137 cm³/mol. The van der Waals surface area contributed by atoms with Gasteiger partial charge in [-0.15, -0.1) is 0 Å². The topological polar surface area (TPSA) is 67.9 Å². The smallest absolute Gasteiger partial charge is 0.333 e. The first-order chi connectivity index (χ1) is 16.4. The van der Waals surface area contributed by atoms with Crippen LogP contribution in [0.15, 0.2) is 70.8 Å². The maximum absolute atomic E-state index is 12.9. The number of carbonyl (C=O) groups is 2. The Morgan fingerprint density at radius 2 is 1.79 bits per heavy atom. The zero-order chi connectivity index (χ0) is 24.2. The van der Waals surface area contributed by atoms with Gasteiger partial charge in [0.05, 0.1) is 17.3 Å². The van der Waals surface area contributed by atoms with E-state index >= 15 is 0 Å². The summed E-state index contributed by atoms with van der Waals surface area (Å²) in [6, 6.07) is 17.0. The van der Waals surface area contributed by atoms with E-state index in [1.165, 1.54) is 6.08 Å². The molecule has 0 aromatic heterocycles.